The zero-order valence-corrected chi connectivity index (χ0v) is 9.56. The van der Waals surface area contributed by atoms with Crippen molar-refractivity contribution in [1.29, 1.82) is 0 Å². The lowest BCUT2D eigenvalue weighted by atomic mass is 10.1. The molecule has 0 radical (unpaired) electrons. The Hall–Kier alpha value is -1.35. The van der Waals surface area contributed by atoms with Crippen molar-refractivity contribution in [3.8, 4) is 0 Å². The van der Waals surface area contributed by atoms with Gasteiger partial charge in [0.2, 0.25) is 0 Å². The quantitative estimate of drug-likeness (QED) is 0.727. The Morgan fingerprint density at radius 3 is 3.00 bits per heavy atom. The second-order valence-corrected chi connectivity index (χ2v) is 4.42. The average molecular weight is 220 g/mol. The lowest BCUT2D eigenvalue weighted by Crippen LogP contribution is -2.03. The summed E-state index contributed by atoms with van der Waals surface area (Å²) in [5.74, 6) is -0.185. The average Bonchev–Trinajstić information content (AvgIpc) is 2.60. The Morgan fingerprint density at radius 1 is 1.47 bits per heavy atom. The smallest absolute Gasteiger partial charge is 0.310 e. The van der Waals surface area contributed by atoms with E-state index in [4.69, 9.17) is 0 Å². The third-order valence-corrected chi connectivity index (χ3v) is 3.37. The van der Waals surface area contributed by atoms with Crippen molar-refractivity contribution in [3.05, 3.63) is 34.7 Å². The summed E-state index contributed by atoms with van der Waals surface area (Å²) < 4.78 is 5.89. The van der Waals surface area contributed by atoms with Crippen LogP contribution >= 0.6 is 11.3 Å². The molecule has 0 bridgehead atoms. The predicted molar refractivity (Wildman–Crippen MR) is 62.3 cm³/mol. The van der Waals surface area contributed by atoms with Gasteiger partial charge in [-0.2, -0.15) is 0 Å². The van der Waals surface area contributed by atoms with Gasteiger partial charge in [-0.05, 0) is 34.9 Å². The molecule has 2 nitrogen and oxygen atoms in total. The SMILES string of the molecule is COC(=O)Cc1csc2cc(C)ccc12. The van der Waals surface area contributed by atoms with E-state index in [0.29, 0.717) is 6.42 Å². The Labute approximate surface area is 92.5 Å². The number of hydrogen-bond donors (Lipinski definition) is 0. The van der Waals surface area contributed by atoms with Gasteiger partial charge >= 0.3 is 5.97 Å². The van der Waals surface area contributed by atoms with E-state index in [9.17, 15) is 4.79 Å². The van der Waals surface area contributed by atoms with Crippen molar-refractivity contribution in [3.63, 3.8) is 0 Å². The molecule has 1 aromatic carbocycles. The number of carbonyl (C=O) groups excluding carboxylic acids is 1. The van der Waals surface area contributed by atoms with E-state index in [1.807, 2.05) is 5.38 Å². The summed E-state index contributed by atoms with van der Waals surface area (Å²) >= 11 is 1.67. The van der Waals surface area contributed by atoms with Crippen molar-refractivity contribution in [2.24, 2.45) is 0 Å². The van der Waals surface area contributed by atoms with E-state index in [-0.39, 0.29) is 5.97 Å². The van der Waals surface area contributed by atoms with Crippen LogP contribution in [0, 0.1) is 6.92 Å². The van der Waals surface area contributed by atoms with Gasteiger partial charge in [0.15, 0.2) is 0 Å². The summed E-state index contributed by atoms with van der Waals surface area (Å²) in [6, 6.07) is 6.27. The Morgan fingerprint density at radius 2 is 2.27 bits per heavy atom. The van der Waals surface area contributed by atoms with Gasteiger partial charge in [-0.1, -0.05) is 12.1 Å². The summed E-state index contributed by atoms with van der Waals surface area (Å²) in [4.78, 5) is 11.2. The predicted octanol–water partition coefficient (Wildman–Crippen LogP) is 2.93. The van der Waals surface area contributed by atoms with Gasteiger partial charge in [0.05, 0.1) is 13.5 Å². The van der Waals surface area contributed by atoms with E-state index < -0.39 is 0 Å². The number of methoxy groups -OCH3 is 1. The largest absolute Gasteiger partial charge is 0.469 e. The molecule has 0 aliphatic rings. The molecule has 0 atom stereocenters. The number of benzene rings is 1. The van der Waals surface area contributed by atoms with Crippen LogP contribution < -0.4 is 0 Å². The van der Waals surface area contributed by atoms with Crippen LogP contribution in [-0.4, -0.2) is 13.1 Å². The molecule has 1 heterocycles. The number of hydrogen-bond acceptors (Lipinski definition) is 3. The number of aryl methyl sites for hydroxylation is 1. The van der Waals surface area contributed by atoms with Gasteiger partial charge in [-0.15, -0.1) is 11.3 Å². The van der Waals surface area contributed by atoms with Crippen LogP contribution in [0.1, 0.15) is 11.1 Å². The van der Waals surface area contributed by atoms with Crippen LogP contribution in [0.5, 0.6) is 0 Å². The van der Waals surface area contributed by atoms with E-state index in [2.05, 4.69) is 29.9 Å². The van der Waals surface area contributed by atoms with Crippen LogP contribution in [0.15, 0.2) is 23.6 Å². The van der Waals surface area contributed by atoms with Crippen molar-refractivity contribution < 1.29 is 9.53 Å². The molecule has 0 saturated heterocycles. The minimum atomic E-state index is -0.185. The van der Waals surface area contributed by atoms with Crippen LogP contribution in [0.2, 0.25) is 0 Å². The van der Waals surface area contributed by atoms with E-state index in [0.717, 1.165) is 10.9 Å². The maximum absolute atomic E-state index is 11.2. The van der Waals surface area contributed by atoms with Gasteiger partial charge in [0.1, 0.15) is 0 Å². The van der Waals surface area contributed by atoms with Gasteiger partial charge in [0.25, 0.3) is 0 Å². The lowest BCUT2D eigenvalue weighted by molar-refractivity contribution is -0.139. The van der Waals surface area contributed by atoms with Crippen molar-refractivity contribution >= 4 is 27.4 Å². The molecule has 78 valence electrons. The second kappa shape index (κ2) is 4.03. The Kier molecular flexibility index (Phi) is 2.73. The highest BCUT2D eigenvalue weighted by atomic mass is 32.1. The fraction of sp³-hybridized carbons (Fsp3) is 0.250. The molecule has 0 amide bonds. The summed E-state index contributed by atoms with van der Waals surface area (Å²) in [5, 5.41) is 3.19. The molecule has 0 saturated carbocycles. The first-order chi connectivity index (χ1) is 7.20. The van der Waals surface area contributed by atoms with E-state index in [1.54, 1.807) is 11.3 Å². The molecule has 0 fully saturated rings. The highest BCUT2D eigenvalue weighted by Gasteiger charge is 2.08. The number of esters is 1. The molecule has 2 aromatic rings. The van der Waals surface area contributed by atoms with Crippen molar-refractivity contribution in [2.45, 2.75) is 13.3 Å². The first kappa shape index (κ1) is 10.2. The number of rotatable bonds is 2. The molecule has 0 spiro atoms. The zero-order valence-electron chi connectivity index (χ0n) is 8.74. The number of carbonyl (C=O) groups is 1. The van der Waals surface area contributed by atoms with Crippen molar-refractivity contribution in [1.82, 2.24) is 0 Å². The van der Waals surface area contributed by atoms with E-state index in [1.165, 1.54) is 17.4 Å². The lowest BCUT2D eigenvalue weighted by Gasteiger charge is -1.98. The van der Waals surface area contributed by atoms with Crippen LogP contribution in [0.4, 0.5) is 0 Å². The van der Waals surface area contributed by atoms with Crippen molar-refractivity contribution in [2.75, 3.05) is 7.11 Å². The standard InChI is InChI=1S/C12H12O2S/c1-8-3-4-10-9(6-12(13)14-2)7-15-11(10)5-8/h3-5,7H,6H2,1-2H3. The van der Waals surface area contributed by atoms with Gasteiger partial charge in [-0.25, -0.2) is 0 Å². The molecular weight excluding hydrogens is 208 g/mol. The van der Waals surface area contributed by atoms with Gasteiger partial charge < -0.3 is 4.74 Å². The molecular formula is C12H12O2S. The molecule has 0 aliphatic heterocycles. The minimum Gasteiger partial charge on any atom is -0.469 e. The Bertz CT molecular complexity index is 499. The highest BCUT2D eigenvalue weighted by molar-refractivity contribution is 7.17. The van der Waals surface area contributed by atoms with Gasteiger partial charge in [0, 0.05) is 4.70 Å². The second-order valence-electron chi connectivity index (χ2n) is 3.51. The first-order valence-corrected chi connectivity index (χ1v) is 5.62. The molecule has 15 heavy (non-hydrogen) atoms. The van der Waals surface area contributed by atoms with Crippen LogP contribution in [0.3, 0.4) is 0 Å². The number of fused-ring (bicyclic) bond motifs is 1. The summed E-state index contributed by atoms with van der Waals surface area (Å²) in [6.07, 6.45) is 0.361. The van der Waals surface area contributed by atoms with E-state index >= 15 is 0 Å². The molecule has 3 heteroatoms. The fourth-order valence-corrected chi connectivity index (χ4v) is 2.61. The molecule has 0 unspecified atom stereocenters. The highest BCUT2D eigenvalue weighted by Crippen LogP contribution is 2.27. The summed E-state index contributed by atoms with van der Waals surface area (Å²) in [6.45, 7) is 2.07. The molecule has 2 rings (SSSR count). The maximum atomic E-state index is 11.2. The third-order valence-electron chi connectivity index (χ3n) is 2.37. The maximum Gasteiger partial charge on any atom is 0.310 e. The first-order valence-electron chi connectivity index (χ1n) is 4.74. The minimum absolute atomic E-state index is 0.185. The van der Waals surface area contributed by atoms with Crippen LogP contribution in [0.25, 0.3) is 10.1 Å². The van der Waals surface area contributed by atoms with Gasteiger partial charge in [-0.3, -0.25) is 4.79 Å². The number of thiophene rings is 1. The normalized spacial score (nSPS) is 10.5. The Balaban J connectivity index is 2.41. The molecule has 1 aromatic heterocycles. The zero-order chi connectivity index (χ0) is 10.8. The van der Waals surface area contributed by atoms with Crippen LogP contribution in [-0.2, 0) is 16.0 Å². The third kappa shape index (κ3) is 2.02. The fourth-order valence-electron chi connectivity index (χ4n) is 1.56. The molecule has 0 aliphatic carbocycles. The molecule has 0 N–H and O–H groups in total. The topological polar surface area (TPSA) is 26.3 Å². The summed E-state index contributed by atoms with van der Waals surface area (Å²) in [5.41, 5.74) is 2.30. The summed E-state index contributed by atoms with van der Waals surface area (Å²) in [7, 11) is 1.42. The number of ether oxygens (including phenoxy) is 1. The monoisotopic (exact) mass is 220 g/mol.